The lowest BCUT2D eigenvalue weighted by molar-refractivity contribution is 0.0526. The Morgan fingerprint density at radius 2 is 1.96 bits per heavy atom. The van der Waals surface area contributed by atoms with E-state index in [1.54, 1.807) is 0 Å². The summed E-state index contributed by atoms with van der Waals surface area (Å²) in [5.74, 6) is 0.505. The zero-order chi connectivity index (χ0) is 15.8. The molecule has 120 valence electrons. The van der Waals surface area contributed by atoms with Gasteiger partial charge in [0, 0.05) is 18.7 Å². The molecular weight excluding hydrogens is 288 g/mol. The van der Waals surface area contributed by atoms with Crippen LogP contribution in [0.2, 0.25) is 0 Å². The number of rotatable bonds is 3. The minimum Gasteiger partial charge on any atom is -0.391 e. The topological polar surface area (TPSA) is 56.3 Å². The molecule has 2 N–H and O–H groups in total. The van der Waals surface area contributed by atoms with E-state index in [4.69, 9.17) is 0 Å². The summed E-state index contributed by atoms with van der Waals surface area (Å²) in [5, 5.41) is 10.2. The average Bonchev–Trinajstić information content (AvgIpc) is 3.26. The van der Waals surface area contributed by atoms with E-state index in [1.807, 2.05) is 35.2 Å². The summed E-state index contributed by atoms with van der Waals surface area (Å²) in [5.41, 5.74) is 2.90. The summed E-state index contributed by atoms with van der Waals surface area (Å²) in [6, 6.07) is 14.1. The van der Waals surface area contributed by atoms with Crippen LogP contribution in [0.3, 0.4) is 0 Å². The number of benzene rings is 1. The van der Waals surface area contributed by atoms with Gasteiger partial charge in [0.05, 0.1) is 12.1 Å². The van der Waals surface area contributed by atoms with Gasteiger partial charge in [-0.05, 0) is 42.9 Å². The molecule has 1 aromatic heterocycles. The number of nitrogens with zero attached hydrogens (tertiary/aromatic N) is 1. The number of aromatic nitrogens is 1. The Morgan fingerprint density at radius 1 is 1.13 bits per heavy atom. The van der Waals surface area contributed by atoms with Gasteiger partial charge in [-0.2, -0.15) is 0 Å². The lowest BCUT2D eigenvalue weighted by Gasteiger charge is -2.26. The van der Waals surface area contributed by atoms with E-state index in [2.05, 4.69) is 17.1 Å². The van der Waals surface area contributed by atoms with Crippen LogP contribution < -0.4 is 0 Å². The molecule has 2 heterocycles. The van der Waals surface area contributed by atoms with Crippen molar-refractivity contribution >= 4 is 5.91 Å². The van der Waals surface area contributed by atoms with Crippen LogP contribution in [0.5, 0.6) is 0 Å². The predicted octanol–water partition coefficient (Wildman–Crippen LogP) is 2.59. The van der Waals surface area contributed by atoms with Crippen LogP contribution in [0.25, 0.3) is 0 Å². The van der Waals surface area contributed by atoms with Crippen molar-refractivity contribution in [3.05, 3.63) is 59.4 Å². The van der Waals surface area contributed by atoms with Gasteiger partial charge in [-0.25, -0.2) is 0 Å². The summed E-state index contributed by atoms with van der Waals surface area (Å²) in [6.07, 6.45) is 3.32. The van der Waals surface area contributed by atoms with E-state index in [0.717, 1.165) is 37.9 Å². The van der Waals surface area contributed by atoms with Crippen LogP contribution in [0, 0.1) is 5.92 Å². The highest BCUT2D eigenvalue weighted by atomic mass is 16.3. The summed E-state index contributed by atoms with van der Waals surface area (Å²) in [6.45, 7) is 0.762. The van der Waals surface area contributed by atoms with E-state index < -0.39 is 0 Å². The van der Waals surface area contributed by atoms with Crippen molar-refractivity contribution in [3.8, 4) is 0 Å². The second-order valence-corrected chi connectivity index (χ2v) is 6.74. The first-order valence-corrected chi connectivity index (χ1v) is 8.43. The number of carbonyl (C=O) groups excluding carboxylic acids is 1. The van der Waals surface area contributed by atoms with Gasteiger partial charge >= 0.3 is 0 Å². The van der Waals surface area contributed by atoms with Crippen LogP contribution in [0.15, 0.2) is 42.5 Å². The van der Waals surface area contributed by atoms with Crippen molar-refractivity contribution in [2.24, 2.45) is 5.92 Å². The Labute approximate surface area is 136 Å². The molecule has 1 amide bonds. The maximum atomic E-state index is 12.8. The third-order valence-electron chi connectivity index (χ3n) is 5.29. The first-order chi connectivity index (χ1) is 11.2. The summed E-state index contributed by atoms with van der Waals surface area (Å²) < 4.78 is 0. The molecular formula is C19H22N2O2. The van der Waals surface area contributed by atoms with Crippen molar-refractivity contribution in [1.82, 2.24) is 9.88 Å². The van der Waals surface area contributed by atoms with Crippen molar-refractivity contribution in [2.75, 3.05) is 6.54 Å². The first-order valence-electron chi connectivity index (χ1n) is 8.43. The molecule has 2 aromatic rings. The number of hydrogen-bond donors (Lipinski definition) is 2. The highest BCUT2D eigenvalue weighted by molar-refractivity contribution is 5.93. The fourth-order valence-corrected chi connectivity index (χ4v) is 4.15. The Hall–Kier alpha value is -2.07. The molecule has 0 bridgehead atoms. The fraction of sp³-hybridized carbons (Fsp3) is 0.421. The molecule has 1 aliphatic heterocycles. The normalized spacial score (nSPS) is 26.5. The molecule has 0 radical (unpaired) electrons. The number of fused-ring (bicyclic) bond motifs is 1. The Morgan fingerprint density at radius 3 is 2.78 bits per heavy atom. The van der Waals surface area contributed by atoms with Crippen molar-refractivity contribution < 1.29 is 9.90 Å². The van der Waals surface area contributed by atoms with Gasteiger partial charge in [-0.15, -0.1) is 0 Å². The Bertz CT molecular complexity index is 694. The third kappa shape index (κ3) is 2.68. The van der Waals surface area contributed by atoms with E-state index in [9.17, 15) is 9.90 Å². The number of aliphatic hydroxyl groups excluding tert-OH is 1. The van der Waals surface area contributed by atoms with E-state index >= 15 is 0 Å². The van der Waals surface area contributed by atoms with Crippen LogP contribution in [0.4, 0.5) is 0 Å². The standard InChI is InChI=1S/C19H22N2O2/c22-17-9-6-14-10-11-21(18(14)17)19(23)16-8-7-15(20-16)12-13-4-2-1-3-5-13/h1-5,7-8,14,17-18,20,22H,6,9-12H2/t14-,17+,18+/m0/s1. The number of carbonyl (C=O) groups is 1. The van der Waals surface area contributed by atoms with Crippen LogP contribution >= 0.6 is 0 Å². The van der Waals surface area contributed by atoms with Crippen molar-refractivity contribution in [2.45, 2.75) is 37.8 Å². The third-order valence-corrected chi connectivity index (χ3v) is 5.29. The quantitative estimate of drug-likeness (QED) is 0.915. The van der Waals surface area contributed by atoms with Gasteiger partial charge in [0.25, 0.3) is 5.91 Å². The highest BCUT2D eigenvalue weighted by Crippen LogP contribution is 2.38. The highest BCUT2D eigenvalue weighted by Gasteiger charge is 2.45. The molecule has 0 unspecified atom stereocenters. The van der Waals surface area contributed by atoms with E-state index in [1.165, 1.54) is 5.56 Å². The molecule has 1 saturated heterocycles. The second-order valence-electron chi connectivity index (χ2n) is 6.74. The average molecular weight is 310 g/mol. The van der Waals surface area contributed by atoms with Crippen molar-refractivity contribution in [3.63, 3.8) is 0 Å². The number of amides is 1. The number of likely N-dealkylation sites (tertiary alicyclic amines) is 1. The SMILES string of the molecule is O=C(c1ccc(Cc2ccccc2)[nH]1)N1CC[C@@H]2CC[C@@H](O)[C@@H]21. The minimum absolute atomic E-state index is 0.0170. The zero-order valence-corrected chi connectivity index (χ0v) is 13.1. The smallest absolute Gasteiger partial charge is 0.270 e. The molecule has 4 heteroatoms. The van der Waals surface area contributed by atoms with Gasteiger partial charge in [0.2, 0.25) is 0 Å². The molecule has 2 fully saturated rings. The molecule has 1 aliphatic carbocycles. The zero-order valence-electron chi connectivity index (χ0n) is 13.1. The number of nitrogens with one attached hydrogen (secondary N) is 1. The number of aromatic amines is 1. The van der Waals surface area contributed by atoms with Crippen molar-refractivity contribution in [1.29, 1.82) is 0 Å². The summed E-state index contributed by atoms with van der Waals surface area (Å²) in [7, 11) is 0. The van der Waals surface area contributed by atoms with Gasteiger partial charge < -0.3 is 15.0 Å². The molecule has 23 heavy (non-hydrogen) atoms. The lowest BCUT2D eigenvalue weighted by Crippen LogP contribution is -2.42. The van der Waals surface area contributed by atoms with Gasteiger partial charge in [0.1, 0.15) is 5.69 Å². The molecule has 3 atom stereocenters. The number of aliphatic hydroxyl groups is 1. The second kappa shape index (κ2) is 5.85. The molecule has 4 rings (SSSR count). The van der Waals surface area contributed by atoms with Crippen LogP contribution in [0.1, 0.15) is 41.0 Å². The number of H-pyrrole nitrogens is 1. The van der Waals surface area contributed by atoms with Gasteiger partial charge in [-0.1, -0.05) is 30.3 Å². The molecule has 4 nitrogen and oxygen atoms in total. The van der Waals surface area contributed by atoms with E-state index in [0.29, 0.717) is 11.6 Å². The molecule has 1 aromatic carbocycles. The van der Waals surface area contributed by atoms with Crippen LogP contribution in [-0.2, 0) is 6.42 Å². The Kier molecular flexibility index (Phi) is 3.69. The summed E-state index contributed by atoms with van der Waals surface area (Å²) >= 11 is 0. The summed E-state index contributed by atoms with van der Waals surface area (Å²) in [4.78, 5) is 17.9. The minimum atomic E-state index is -0.356. The maximum Gasteiger partial charge on any atom is 0.270 e. The predicted molar refractivity (Wildman–Crippen MR) is 88.2 cm³/mol. The van der Waals surface area contributed by atoms with Gasteiger partial charge in [-0.3, -0.25) is 4.79 Å². The van der Waals surface area contributed by atoms with Crippen LogP contribution in [-0.4, -0.2) is 39.6 Å². The van der Waals surface area contributed by atoms with E-state index in [-0.39, 0.29) is 18.1 Å². The van der Waals surface area contributed by atoms with Gasteiger partial charge in [0.15, 0.2) is 0 Å². The maximum absolute atomic E-state index is 12.8. The molecule has 2 aliphatic rings. The Balaban J connectivity index is 1.49. The monoisotopic (exact) mass is 310 g/mol. The first kappa shape index (κ1) is 14.5. The lowest BCUT2D eigenvalue weighted by atomic mass is 10.0. The largest absolute Gasteiger partial charge is 0.391 e. The molecule has 0 spiro atoms. The fourth-order valence-electron chi connectivity index (χ4n) is 4.15. The number of hydrogen-bond acceptors (Lipinski definition) is 2. The molecule has 1 saturated carbocycles.